The number of allylic oxidation sites excluding steroid dienone is 8. The summed E-state index contributed by atoms with van der Waals surface area (Å²) in [5.41, 5.74) is 4.93. The molecule has 0 aliphatic heterocycles. The quantitative estimate of drug-likeness (QED) is 0.411. The van der Waals surface area contributed by atoms with E-state index in [-0.39, 0.29) is 22.8 Å². The Morgan fingerprint density at radius 3 is 2.50 bits per heavy atom. The standard InChI is InChI=1S/C26H33NO3/c1-18(8-6-9-19(2)16-20-12-14-23(28)24(29)17-20)11-13-22-21(25(30)27-5)10-7-15-26(22,3)4/h6,8-9,11-14,16-17,28-29H,7,10,15H2,1-5H3,(H,27,30)/b9-6+,13-11+,18-8+,19-16+. The summed E-state index contributed by atoms with van der Waals surface area (Å²) in [4.78, 5) is 12.3. The lowest BCUT2D eigenvalue weighted by atomic mass is 9.72. The molecule has 0 spiro atoms. The van der Waals surface area contributed by atoms with Crippen molar-refractivity contribution >= 4 is 12.0 Å². The van der Waals surface area contributed by atoms with Gasteiger partial charge in [-0.15, -0.1) is 0 Å². The number of hydrogen-bond acceptors (Lipinski definition) is 3. The zero-order valence-electron chi connectivity index (χ0n) is 18.6. The van der Waals surface area contributed by atoms with Crippen LogP contribution in [0.1, 0.15) is 52.5 Å². The van der Waals surface area contributed by atoms with Gasteiger partial charge in [0.2, 0.25) is 5.91 Å². The molecule has 3 N–H and O–H groups in total. The van der Waals surface area contributed by atoms with Crippen molar-refractivity contribution in [3.05, 3.63) is 76.4 Å². The number of hydrogen-bond donors (Lipinski definition) is 3. The van der Waals surface area contributed by atoms with Gasteiger partial charge in [-0.3, -0.25) is 4.79 Å². The third kappa shape index (κ3) is 6.24. The van der Waals surface area contributed by atoms with E-state index in [1.807, 2.05) is 38.2 Å². The normalized spacial score (nSPS) is 17.8. The highest BCUT2D eigenvalue weighted by molar-refractivity contribution is 5.95. The van der Waals surface area contributed by atoms with Gasteiger partial charge in [-0.2, -0.15) is 0 Å². The van der Waals surface area contributed by atoms with Crippen LogP contribution in [-0.2, 0) is 4.79 Å². The highest BCUT2D eigenvalue weighted by atomic mass is 16.3. The molecule has 0 unspecified atom stereocenters. The summed E-state index contributed by atoms with van der Waals surface area (Å²) < 4.78 is 0. The summed E-state index contributed by atoms with van der Waals surface area (Å²) in [6.07, 6.45) is 15.0. The molecule has 1 aromatic carbocycles. The molecule has 0 fully saturated rings. The molecule has 1 aliphatic rings. The van der Waals surface area contributed by atoms with Crippen LogP contribution in [-0.4, -0.2) is 23.2 Å². The SMILES string of the molecule is CNC(=O)C1=C(/C=C/C(C)=C/C=C/C(C)=C/c2ccc(O)c(O)c2)C(C)(C)CCC1. The first-order chi connectivity index (χ1) is 14.1. The molecule has 0 heterocycles. The Labute approximate surface area is 180 Å². The molecule has 1 aromatic rings. The number of aromatic hydroxyl groups is 2. The number of phenols is 2. The first-order valence-corrected chi connectivity index (χ1v) is 10.3. The van der Waals surface area contributed by atoms with Crippen molar-refractivity contribution in [2.24, 2.45) is 5.41 Å². The third-order valence-corrected chi connectivity index (χ3v) is 5.41. The number of amides is 1. The summed E-state index contributed by atoms with van der Waals surface area (Å²) in [5.74, 6) is -0.232. The predicted molar refractivity (Wildman–Crippen MR) is 124 cm³/mol. The lowest BCUT2D eigenvalue weighted by molar-refractivity contribution is -0.117. The van der Waals surface area contributed by atoms with E-state index < -0.39 is 0 Å². The van der Waals surface area contributed by atoms with Crippen LogP contribution in [0.5, 0.6) is 11.5 Å². The summed E-state index contributed by atoms with van der Waals surface area (Å²) in [6, 6.07) is 4.75. The van der Waals surface area contributed by atoms with E-state index in [4.69, 9.17) is 0 Å². The number of carbonyl (C=O) groups excluding carboxylic acids is 1. The molecular weight excluding hydrogens is 374 g/mol. The molecule has 0 radical (unpaired) electrons. The second-order valence-corrected chi connectivity index (χ2v) is 8.45. The van der Waals surface area contributed by atoms with E-state index in [0.29, 0.717) is 0 Å². The monoisotopic (exact) mass is 407 g/mol. The number of carbonyl (C=O) groups is 1. The first kappa shape index (κ1) is 23.3. The van der Waals surface area contributed by atoms with Gasteiger partial charge in [-0.05, 0) is 61.8 Å². The Morgan fingerprint density at radius 2 is 1.83 bits per heavy atom. The number of benzene rings is 1. The average Bonchev–Trinajstić information content (AvgIpc) is 2.68. The van der Waals surface area contributed by atoms with E-state index in [1.54, 1.807) is 13.1 Å². The lowest BCUT2D eigenvalue weighted by Gasteiger charge is -2.33. The summed E-state index contributed by atoms with van der Waals surface area (Å²) in [7, 11) is 1.68. The Hall–Kier alpha value is -3.01. The maximum absolute atomic E-state index is 12.3. The van der Waals surface area contributed by atoms with Crippen molar-refractivity contribution in [1.82, 2.24) is 5.32 Å². The molecule has 30 heavy (non-hydrogen) atoms. The molecule has 0 atom stereocenters. The Balaban J connectivity index is 2.15. The van der Waals surface area contributed by atoms with Crippen molar-refractivity contribution in [1.29, 1.82) is 0 Å². The van der Waals surface area contributed by atoms with E-state index >= 15 is 0 Å². The van der Waals surface area contributed by atoms with Gasteiger partial charge in [-0.1, -0.05) is 67.5 Å². The summed E-state index contributed by atoms with van der Waals surface area (Å²) >= 11 is 0. The first-order valence-electron chi connectivity index (χ1n) is 10.3. The maximum Gasteiger partial charge on any atom is 0.247 e. The number of nitrogens with one attached hydrogen (secondary N) is 1. The number of likely N-dealkylation sites (N-methyl/N-ethyl adjacent to an activating group) is 1. The van der Waals surface area contributed by atoms with Crippen LogP contribution in [0, 0.1) is 5.41 Å². The highest BCUT2D eigenvalue weighted by Crippen LogP contribution is 2.41. The lowest BCUT2D eigenvalue weighted by Crippen LogP contribution is -2.28. The Kier molecular flexibility index (Phi) is 7.87. The van der Waals surface area contributed by atoms with Crippen molar-refractivity contribution < 1.29 is 15.0 Å². The van der Waals surface area contributed by atoms with Crippen LogP contribution in [0.2, 0.25) is 0 Å². The van der Waals surface area contributed by atoms with Gasteiger partial charge >= 0.3 is 0 Å². The van der Waals surface area contributed by atoms with Crippen LogP contribution in [0.25, 0.3) is 6.08 Å². The van der Waals surface area contributed by atoms with Gasteiger partial charge in [0.05, 0.1) is 0 Å². The van der Waals surface area contributed by atoms with Crippen LogP contribution >= 0.6 is 0 Å². The van der Waals surface area contributed by atoms with Crippen LogP contribution in [0.4, 0.5) is 0 Å². The summed E-state index contributed by atoms with van der Waals surface area (Å²) in [5, 5.41) is 21.8. The Bertz CT molecular complexity index is 943. The molecule has 0 saturated heterocycles. The van der Waals surface area contributed by atoms with E-state index in [0.717, 1.165) is 47.1 Å². The van der Waals surface area contributed by atoms with E-state index in [2.05, 4.69) is 31.3 Å². The minimum Gasteiger partial charge on any atom is -0.504 e. The van der Waals surface area contributed by atoms with Gasteiger partial charge in [0, 0.05) is 12.6 Å². The topological polar surface area (TPSA) is 69.6 Å². The third-order valence-electron chi connectivity index (χ3n) is 5.41. The molecule has 4 heteroatoms. The molecular formula is C26H33NO3. The van der Waals surface area contributed by atoms with Gasteiger partial charge in [0.1, 0.15) is 0 Å². The predicted octanol–water partition coefficient (Wildman–Crippen LogP) is 5.81. The fourth-order valence-corrected chi connectivity index (χ4v) is 3.66. The zero-order valence-corrected chi connectivity index (χ0v) is 18.6. The molecule has 0 saturated carbocycles. The van der Waals surface area contributed by atoms with Crippen LogP contribution in [0.15, 0.2) is 70.9 Å². The van der Waals surface area contributed by atoms with Crippen molar-refractivity contribution in [3.8, 4) is 11.5 Å². The van der Waals surface area contributed by atoms with Gasteiger partial charge < -0.3 is 15.5 Å². The minimum atomic E-state index is -0.127. The van der Waals surface area contributed by atoms with Crippen LogP contribution < -0.4 is 5.32 Å². The van der Waals surface area contributed by atoms with Crippen molar-refractivity contribution in [3.63, 3.8) is 0 Å². The molecule has 0 aromatic heterocycles. The van der Waals surface area contributed by atoms with Crippen molar-refractivity contribution in [2.75, 3.05) is 7.05 Å². The fourth-order valence-electron chi connectivity index (χ4n) is 3.66. The molecule has 2 rings (SSSR count). The second-order valence-electron chi connectivity index (χ2n) is 8.45. The second kappa shape index (κ2) is 10.1. The maximum atomic E-state index is 12.3. The van der Waals surface area contributed by atoms with Gasteiger partial charge in [0.25, 0.3) is 0 Å². The zero-order chi connectivity index (χ0) is 22.3. The molecule has 4 nitrogen and oxygen atoms in total. The van der Waals surface area contributed by atoms with Crippen molar-refractivity contribution in [2.45, 2.75) is 47.0 Å². The van der Waals surface area contributed by atoms with E-state index in [1.165, 1.54) is 12.1 Å². The number of phenolic OH excluding ortho intramolecular Hbond substituents is 2. The Morgan fingerprint density at radius 1 is 1.10 bits per heavy atom. The average molecular weight is 408 g/mol. The fraction of sp³-hybridized carbons (Fsp3) is 0.346. The summed E-state index contributed by atoms with van der Waals surface area (Å²) in [6.45, 7) is 8.41. The van der Waals surface area contributed by atoms with Gasteiger partial charge in [-0.25, -0.2) is 0 Å². The highest BCUT2D eigenvalue weighted by Gasteiger charge is 2.30. The van der Waals surface area contributed by atoms with Crippen LogP contribution in [0.3, 0.4) is 0 Å². The van der Waals surface area contributed by atoms with Gasteiger partial charge in [0.15, 0.2) is 11.5 Å². The molecule has 0 bridgehead atoms. The minimum absolute atomic E-state index is 0.0122. The molecule has 160 valence electrons. The largest absolute Gasteiger partial charge is 0.504 e. The molecule has 1 amide bonds. The number of rotatable bonds is 6. The van der Waals surface area contributed by atoms with E-state index in [9.17, 15) is 15.0 Å². The smallest absolute Gasteiger partial charge is 0.247 e. The molecule has 1 aliphatic carbocycles.